The van der Waals surface area contributed by atoms with Gasteiger partial charge in [-0.05, 0) is 63.9 Å². The number of halogens is 2. The monoisotopic (exact) mass is 388 g/mol. The minimum Gasteiger partial charge on any atom is -0.497 e. The van der Waals surface area contributed by atoms with E-state index < -0.39 is 0 Å². The molecule has 0 unspecified atom stereocenters. The largest absolute Gasteiger partial charge is 0.497 e. The van der Waals surface area contributed by atoms with Crippen molar-refractivity contribution < 1.29 is 4.74 Å². The summed E-state index contributed by atoms with van der Waals surface area (Å²) in [6.45, 7) is 0. The fourth-order valence-electron chi connectivity index (χ4n) is 2.43. The van der Waals surface area contributed by atoms with Gasteiger partial charge in [0.25, 0.3) is 0 Å². The Labute approximate surface area is 145 Å². The van der Waals surface area contributed by atoms with Crippen LogP contribution in [0.1, 0.15) is 0 Å². The van der Waals surface area contributed by atoms with Gasteiger partial charge in [0.15, 0.2) is 11.5 Å². The van der Waals surface area contributed by atoms with Crippen LogP contribution >= 0.6 is 27.5 Å². The van der Waals surface area contributed by atoms with Crippen molar-refractivity contribution in [3.63, 3.8) is 0 Å². The Morgan fingerprint density at radius 3 is 2.61 bits per heavy atom. The van der Waals surface area contributed by atoms with Crippen LogP contribution in [0.15, 0.2) is 46.9 Å². The van der Waals surface area contributed by atoms with E-state index in [2.05, 4.69) is 31.0 Å². The average molecular weight is 390 g/mol. The number of hydrogen-bond acceptors (Lipinski definition) is 4. The van der Waals surface area contributed by atoms with Crippen LogP contribution in [0, 0.1) is 0 Å². The van der Waals surface area contributed by atoms with E-state index in [1.54, 1.807) is 11.6 Å². The molecule has 2 heterocycles. The van der Waals surface area contributed by atoms with Crippen molar-refractivity contribution >= 4 is 44.1 Å². The summed E-state index contributed by atoms with van der Waals surface area (Å²) >= 11 is 9.76. The first kappa shape index (κ1) is 14.4. The van der Waals surface area contributed by atoms with Gasteiger partial charge in [0.1, 0.15) is 5.75 Å². The van der Waals surface area contributed by atoms with Gasteiger partial charge in [-0.3, -0.25) is 0 Å². The van der Waals surface area contributed by atoms with Crippen LogP contribution in [0.2, 0.25) is 5.28 Å². The van der Waals surface area contributed by atoms with E-state index in [9.17, 15) is 0 Å². The highest BCUT2D eigenvalue weighted by Crippen LogP contribution is 2.28. The zero-order valence-electron chi connectivity index (χ0n) is 12.0. The SMILES string of the molecule is COc1ccc(-c2nc3c4cccc(Br)c4nc(Cl)n3n2)cc1. The number of methoxy groups -OCH3 is 1. The zero-order valence-corrected chi connectivity index (χ0v) is 14.3. The number of aromatic nitrogens is 4. The molecule has 0 bridgehead atoms. The first-order valence-electron chi connectivity index (χ1n) is 6.82. The number of para-hydroxylation sites is 1. The van der Waals surface area contributed by atoms with E-state index in [0.717, 1.165) is 26.7 Å². The van der Waals surface area contributed by atoms with Crippen molar-refractivity contribution in [2.24, 2.45) is 0 Å². The lowest BCUT2D eigenvalue weighted by molar-refractivity contribution is 0.415. The van der Waals surface area contributed by atoms with E-state index in [0.29, 0.717) is 11.5 Å². The molecule has 5 nitrogen and oxygen atoms in total. The Morgan fingerprint density at radius 2 is 1.87 bits per heavy atom. The van der Waals surface area contributed by atoms with Crippen molar-refractivity contribution in [3.8, 4) is 17.1 Å². The third-order valence-electron chi connectivity index (χ3n) is 3.56. The molecular weight excluding hydrogens is 380 g/mol. The predicted octanol–water partition coefficient (Wildman–Crippen LogP) is 4.37. The maximum absolute atomic E-state index is 6.26. The van der Waals surface area contributed by atoms with Crippen molar-refractivity contribution in [3.05, 3.63) is 52.2 Å². The second kappa shape index (κ2) is 5.47. The third-order valence-corrected chi connectivity index (χ3v) is 4.45. The summed E-state index contributed by atoms with van der Waals surface area (Å²) in [4.78, 5) is 9.03. The van der Waals surface area contributed by atoms with Crippen LogP contribution in [-0.2, 0) is 0 Å². The van der Waals surface area contributed by atoms with Crippen LogP contribution in [-0.4, -0.2) is 26.7 Å². The molecule has 0 N–H and O–H groups in total. The van der Waals surface area contributed by atoms with Crippen molar-refractivity contribution in [2.45, 2.75) is 0 Å². The number of nitrogens with zero attached hydrogens (tertiary/aromatic N) is 4. The van der Waals surface area contributed by atoms with Gasteiger partial charge in [-0.2, -0.15) is 4.52 Å². The van der Waals surface area contributed by atoms with Crippen LogP contribution in [0.5, 0.6) is 5.75 Å². The molecule has 7 heteroatoms. The predicted molar refractivity (Wildman–Crippen MR) is 93.0 cm³/mol. The molecule has 0 saturated heterocycles. The third kappa shape index (κ3) is 2.34. The van der Waals surface area contributed by atoms with Crippen LogP contribution in [0.3, 0.4) is 0 Å². The summed E-state index contributed by atoms with van der Waals surface area (Å²) in [6, 6.07) is 13.4. The molecule has 0 aliphatic carbocycles. The summed E-state index contributed by atoms with van der Waals surface area (Å²) in [5.74, 6) is 1.37. The van der Waals surface area contributed by atoms with Crippen LogP contribution in [0.4, 0.5) is 0 Å². The summed E-state index contributed by atoms with van der Waals surface area (Å²) in [5.41, 5.74) is 2.32. The Balaban J connectivity index is 1.98. The fraction of sp³-hybridized carbons (Fsp3) is 0.0625. The molecule has 0 radical (unpaired) electrons. The number of benzene rings is 2. The molecule has 2 aromatic carbocycles. The average Bonchev–Trinajstić information content (AvgIpc) is 3.02. The molecule has 2 aromatic heterocycles. The van der Waals surface area contributed by atoms with Gasteiger partial charge in [0.2, 0.25) is 5.28 Å². The molecule has 23 heavy (non-hydrogen) atoms. The molecule has 0 aliphatic rings. The van der Waals surface area contributed by atoms with Gasteiger partial charge >= 0.3 is 0 Å². The fourth-order valence-corrected chi connectivity index (χ4v) is 3.08. The molecule has 114 valence electrons. The Hall–Kier alpha value is -2.18. The van der Waals surface area contributed by atoms with E-state index in [-0.39, 0.29) is 5.28 Å². The van der Waals surface area contributed by atoms with Crippen LogP contribution in [0.25, 0.3) is 27.9 Å². The van der Waals surface area contributed by atoms with Crippen molar-refractivity contribution in [2.75, 3.05) is 7.11 Å². The minimum atomic E-state index is 0.270. The summed E-state index contributed by atoms with van der Waals surface area (Å²) in [5, 5.41) is 5.63. The molecule has 0 saturated carbocycles. The summed E-state index contributed by atoms with van der Waals surface area (Å²) < 4.78 is 7.59. The lowest BCUT2D eigenvalue weighted by atomic mass is 10.2. The van der Waals surface area contributed by atoms with Gasteiger partial charge < -0.3 is 4.74 Å². The highest BCUT2D eigenvalue weighted by Gasteiger charge is 2.14. The Bertz CT molecular complexity index is 1030. The molecular formula is C16H10BrClN4O. The standard InChI is InChI=1S/C16H10BrClN4O/c1-23-10-7-5-9(6-8-10)14-20-15-11-3-2-4-12(17)13(11)19-16(18)22(15)21-14/h2-8H,1H3. The van der Waals surface area contributed by atoms with Gasteiger partial charge in [-0.1, -0.05) is 6.07 Å². The highest BCUT2D eigenvalue weighted by atomic mass is 79.9. The number of rotatable bonds is 2. The number of fused-ring (bicyclic) bond motifs is 3. The molecule has 4 rings (SSSR count). The van der Waals surface area contributed by atoms with Crippen molar-refractivity contribution in [1.82, 2.24) is 19.6 Å². The van der Waals surface area contributed by atoms with Gasteiger partial charge in [-0.25, -0.2) is 9.97 Å². The molecule has 0 amide bonds. The maximum atomic E-state index is 6.26. The highest BCUT2D eigenvalue weighted by molar-refractivity contribution is 9.10. The second-order valence-electron chi connectivity index (χ2n) is 4.92. The molecule has 0 fully saturated rings. The summed E-state index contributed by atoms with van der Waals surface area (Å²) in [7, 11) is 1.63. The second-order valence-corrected chi connectivity index (χ2v) is 6.11. The van der Waals surface area contributed by atoms with E-state index >= 15 is 0 Å². The van der Waals surface area contributed by atoms with Gasteiger partial charge in [0, 0.05) is 15.4 Å². The van der Waals surface area contributed by atoms with Crippen molar-refractivity contribution in [1.29, 1.82) is 0 Å². The summed E-state index contributed by atoms with van der Waals surface area (Å²) in [6.07, 6.45) is 0. The number of hydrogen-bond donors (Lipinski definition) is 0. The molecule has 0 spiro atoms. The quantitative estimate of drug-likeness (QED) is 0.478. The molecule has 0 aliphatic heterocycles. The molecule has 4 aromatic rings. The Morgan fingerprint density at radius 1 is 1.09 bits per heavy atom. The minimum absolute atomic E-state index is 0.270. The first-order valence-corrected chi connectivity index (χ1v) is 7.99. The lowest BCUT2D eigenvalue weighted by Crippen LogP contribution is -1.95. The van der Waals surface area contributed by atoms with Gasteiger partial charge in [-0.15, -0.1) is 5.10 Å². The maximum Gasteiger partial charge on any atom is 0.226 e. The smallest absolute Gasteiger partial charge is 0.226 e. The molecule has 0 atom stereocenters. The first-order chi connectivity index (χ1) is 11.2. The zero-order chi connectivity index (χ0) is 16.0. The van der Waals surface area contributed by atoms with E-state index in [4.69, 9.17) is 16.3 Å². The Kier molecular flexibility index (Phi) is 3.43. The lowest BCUT2D eigenvalue weighted by Gasteiger charge is -2.02. The van der Waals surface area contributed by atoms with E-state index in [1.165, 1.54) is 0 Å². The normalized spacial score (nSPS) is 11.3. The van der Waals surface area contributed by atoms with Gasteiger partial charge in [0.05, 0.1) is 12.6 Å². The van der Waals surface area contributed by atoms with Crippen LogP contribution < -0.4 is 4.74 Å². The topological polar surface area (TPSA) is 52.3 Å². The number of ether oxygens (including phenoxy) is 1. The van der Waals surface area contributed by atoms with E-state index in [1.807, 2.05) is 42.5 Å².